The number of sulfonamides is 1. The van der Waals surface area contributed by atoms with Crippen molar-refractivity contribution in [1.82, 2.24) is 4.31 Å². The van der Waals surface area contributed by atoms with Crippen molar-refractivity contribution in [3.05, 3.63) is 93.2 Å². The van der Waals surface area contributed by atoms with Gasteiger partial charge < -0.3 is 5.32 Å². The molecule has 1 amide bonds. The van der Waals surface area contributed by atoms with E-state index in [-0.39, 0.29) is 32.2 Å². The average Bonchev–Trinajstić information content (AvgIpc) is 2.72. The van der Waals surface area contributed by atoms with E-state index in [2.05, 4.69) is 5.32 Å². The Kier molecular flexibility index (Phi) is 7.56. The first-order valence-electron chi connectivity index (χ1n) is 8.91. The van der Waals surface area contributed by atoms with Crippen LogP contribution in [0.4, 0.5) is 10.1 Å². The minimum absolute atomic E-state index is 0.0664. The van der Waals surface area contributed by atoms with E-state index in [0.29, 0.717) is 5.56 Å². The molecule has 3 rings (SSSR count). The third-order valence-electron chi connectivity index (χ3n) is 4.26. The fourth-order valence-corrected chi connectivity index (χ4v) is 4.72. The van der Waals surface area contributed by atoms with E-state index in [1.54, 1.807) is 30.3 Å². The monoisotopic (exact) mass is 500 g/mol. The number of nitrogens with one attached hydrogen (secondary N) is 1. The average molecular weight is 502 g/mol. The summed E-state index contributed by atoms with van der Waals surface area (Å²) in [5.74, 6) is -1.21. The zero-order valence-corrected chi connectivity index (χ0v) is 18.9. The number of hydrogen-bond acceptors (Lipinski definition) is 3. The van der Waals surface area contributed by atoms with Crippen LogP contribution in [0.2, 0.25) is 15.1 Å². The number of halogens is 4. The van der Waals surface area contributed by atoms with Crippen molar-refractivity contribution in [2.24, 2.45) is 0 Å². The van der Waals surface area contributed by atoms with Gasteiger partial charge in [0.15, 0.2) is 0 Å². The fraction of sp³-hybridized carbons (Fsp3) is 0.0952. The topological polar surface area (TPSA) is 66.5 Å². The van der Waals surface area contributed by atoms with Crippen LogP contribution in [0.3, 0.4) is 0 Å². The maximum atomic E-state index is 13.3. The number of carbonyl (C=O) groups excluding carboxylic acids is 1. The molecule has 0 unspecified atom stereocenters. The van der Waals surface area contributed by atoms with E-state index in [1.807, 2.05) is 0 Å². The highest BCUT2D eigenvalue weighted by Crippen LogP contribution is 2.32. The van der Waals surface area contributed by atoms with Gasteiger partial charge in [-0.15, -0.1) is 0 Å². The summed E-state index contributed by atoms with van der Waals surface area (Å²) in [6.07, 6.45) is 0. The van der Waals surface area contributed by atoms with Crippen molar-refractivity contribution >= 4 is 56.4 Å². The van der Waals surface area contributed by atoms with Crippen LogP contribution in [0.25, 0.3) is 0 Å². The van der Waals surface area contributed by atoms with Gasteiger partial charge in [-0.2, -0.15) is 4.31 Å². The number of carbonyl (C=O) groups is 1. The molecular formula is C21H16Cl3FN2O3S. The second kappa shape index (κ2) is 9.97. The molecule has 0 fully saturated rings. The predicted molar refractivity (Wildman–Crippen MR) is 121 cm³/mol. The highest BCUT2D eigenvalue weighted by molar-refractivity contribution is 7.89. The molecule has 3 aromatic carbocycles. The molecule has 31 heavy (non-hydrogen) atoms. The van der Waals surface area contributed by atoms with E-state index in [4.69, 9.17) is 34.8 Å². The highest BCUT2D eigenvalue weighted by atomic mass is 35.5. The van der Waals surface area contributed by atoms with Crippen molar-refractivity contribution < 1.29 is 17.6 Å². The lowest BCUT2D eigenvalue weighted by atomic mass is 10.2. The van der Waals surface area contributed by atoms with Crippen LogP contribution in [0, 0.1) is 5.82 Å². The molecule has 5 nitrogen and oxygen atoms in total. The number of rotatable bonds is 7. The highest BCUT2D eigenvalue weighted by Gasteiger charge is 2.27. The largest absolute Gasteiger partial charge is 0.324 e. The van der Waals surface area contributed by atoms with Gasteiger partial charge >= 0.3 is 0 Å². The molecule has 0 spiro atoms. The summed E-state index contributed by atoms with van der Waals surface area (Å²) in [6.45, 7) is -0.575. The fourth-order valence-electron chi connectivity index (χ4n) is 2.74. The van der Waals surface area contributed by atoms with Crippen LogP contribution in [-0.4, -0.2) is 25.2 Å². The molecule has 10 heteroatoms. The van der Waals surface area contributed by atoms with Gasteiger partial charge in [0.25, 0.3) is 0 Å². The lowest BCUT2D eigenvalue weighted by Crippen LogP contribution is -2.37. The van der Waals surface area contributed by atoms with Crippen LogP contribution >= 0.6 is 34.8 Å². The molecule has 0 atom stereocenters. The van der Waals surface area contributed by atoms with E-state index in [0.717, 1.165) is 28.6 Å². The number of benzene rings is 3. The van der Waals surface area contributed by atoms with Gasteiger partial charge in [0.2, 0.25) is 15.9 Å². The third kappa shape index (κ3) is 5.96. The predicted octanol–water partition coefficient (Wildman–Crippen LogP) is 5.62. The first-order chi connectivity index (χ1) is 14.7. The number of amides is 1. The van der Waals surface area contributed by atoms with Crippen molar-refractivity contribution in [2.45, 2.75) is 11.4 Å². The minimum Gasteiger partial charge on any atom is -0.324 e. The molecule has 0 aliphatic carbocycles. The molecule has 0 heterocycles. The summed E-state index contributed by atoms with van der Waals surface area (Å²) in [5, 5.41) is 3.10. The Labute approximate surface area is 194 Å². The summed E-state index contributed by atoms with van der Waals surface area (Å²) in [5.41, 5.74) is 0.869. The van der Waals surface area contributed by atoms with Crippen LogP contribution in [0.1, 0.15) is 5.56 Å². The van der Waals surface area contributed by atoms with Gasteiger partial charge in [0, 0.05) is 6.54 Å². The van der Waals surface area contributed by atoms with Crippen LogP contribution < -0.4 is 5.32 Å². The quantitative estimate of drug-likeness (QED) is 0.428. The van der Waals surface area contributed by atoms with Gasteiger partial charge in [-0.1, -0.05) is 65.1 Å². The van der Waals surface area contributed by atoms with Crippen molar-refractivity contribution in [3.8, 4) is 0 Å². The van der Waals surface area contributed by atoms with Gasteiger partial charge in [0.1, 0.15) is 5.82 Å². The third-order valence-corrected chi connectivity index (χ3v) is 7.10. The molecule has 0 saturated carbocycles. The van der Waals surface area contributed by atoms with E-state index < -0.39 is 28.3 Å². The van der Waals surface area contributed by atoms with Gasteiger partial charge in [-0.3, -0.25) is 4.79 Å². The Morgan fingerprint density at radius 1 is 0.903 bits per heavy atom. The van der Waals surface area contributed by atoms with Crippen LogP contribution in [-0.2, 0) is 21.4 Å². The molecule has 1 N–H and O–H groups in total. The van der Waals surface area contributed by atoms with Crippen molar-refractivity contribution in [3.63, 3.8) is 0 Å². The Morgan fingerprint density at radius 3 is 2.16 bits per heavy atom. The smallest absolute Gasteiger partial charge is 0.243 e. The zero-order chi connectivity index (χ0) is 22.6. The number of hydrogen-bond donors (Lipinski definition) is 1. The van der Waals surface area contributed by atoms with E-state index in [9.17, 15) is 17.6 Å². The Hall–Kier alpha value is -2.16. The Balaban J connectivity index is 1.88. The lowest BCUT2D eigenvalue weighted by molar-refractivity contribution is -0.116. The van der Waals surface area contributed by atoms with Crippen molar-refractivity contribution in [2.75, 3.05) is 11.9 Å². The summed E-state index contributed by atoms with van der Waals surface area (Å²) < 4.78 is 40.6. The summed E-state index contributed by atoms with van der Waals surface area (Å²) in [7, 11) is -4.10. The molecule has 0 saturated heterocycles. The maximum Gasteiger partial charge on any atom is 0.243 e. The van der Waals surface area contributed by atoms with Gasteiger partial charge in [0.05, 0.1) is 32.2 Å². The molecule has 0 radical (unpaired) electrons. The second-order valence-corrected chi connectivity index (χ2v) is 9.67. The first-order valence-corrected chi connectivity index (χ1v) is 11.5. The van der Waals surface area contributed by atoms with Crippen molar-refractivity contribution in [1.29, 1.82) is 0 Å². The molecule has 0 aliphatic rings. The Bertz CT molecular complexity index is 1190. The standard InChI is InChI=1S/C21H16Cl3FN2O3S/c22-17-10-19(24)20(11-18(17)23)26-21(28)13-27(12-14-4-2-1-3-5-14)31(29,30)16-8-6-15(25)7-9-16/h1-11H,12-13H2,(H,26,28). The lowest BCUT2D eigenvalue weighted by Gasteiger charge is -2.22. The maximum absolute atomic E-state index is 13.3. The minimum atomic E-state index is -4.10. The van der Waals surface area contributed by atoms with Gasteiger partial charge in [-0.05, 0) is 42.0 Å². The molecular weight excluding hydrogens is 486 g/mol. The molecule has 0 bridgehead atoms. The first kappa shape index (κ1) is 23.5. The number of nitrogens with zero attached hydrogens (tertiary/aromatic N) is 1. The molecule has 162 valence electrons. The summed E-state index contributed by atoms with van der Waals surface area (Å²) in [4.78, 5) is 12.5. The summed E-state index contributed by atoms with van der Waals surface area (Å²) in [6, 6.07) is 15.9. The second-order valence-electron chi connectivity index (χ2n) is 6.51. The van der Waals surface area contributed by atoms with Crippen LogP contribution in [0.5, 0.6) is 0 Å². The molecule has 0 aliphatic heterocycles. The summed E-state index contributed by atoms with van der Waals surface area (Å²) >= 11 is 17.9. The van der Waals surface area contributed by atoms with Gasteiger partial charge in [-0.25, -0.2) is 12.8 Å². The van der Waals surface area contributed by atoms with Crippen LogP contribution in [0.15, 0.2) is 71.6 Å². The SMILES string of the molecule is O=C(CN(Cc1ccccc1)S(=O)(=O)c1ccc(F)cc1)Nc1cc(Cl)c(Cl)cc1Cl. The Morgan fingerprint density at radius 2 is 1.52 bits per heavy atom. The van der Waals surface area contributed by atoms with E-state index in [1.165, 1.54) is 12.1 Å². The molecule has 0 aromatic heterocycles. The van der Waals surface area contributed by atoms with E-state index >= 15 is 0 Å². The normalized spacial score (nSPS) is 11.5. The molecule has 3 aromatic rings. The zero-order valence-electron chi connectivity index (χ0n) is 15.9. The number of anilines is 1.